The van der Waals surface area contributed by atoms with Crippen LogP contribution in [0.5, 0.6) is 11.5 Å². The molecule has 7 aromatic rings. The summed E-state index contributed by atoms with van der Waals surface area (Å²) in [7, 11) is 2.09. The summed E-state index contributed by atoms with van der Waals surface area (Å²) in [6.07, 6.45) is 3.58. The van der Waals surface area contributed by atoms with Crippen LogP contribution in [0.15, 0.2) is 164 Å². The number of ether oxygens (including phenoxy) is 2. The summed E-state index contributed by atoms with van der Waals surface area (Å²) in [5.41, 5.74) is 5.39. The standard InChI is InChI=1S/C50H46FN5O2/c1-3-57-44-32-46(49(51)47(33-44)58-43-28-30-54(2)31-29-43)55(42-26-24-37(34-52)25-27-42)36-48-53-45(38-16-8-4-9-17-38)35-56(48)50(39-18-10-5-11-19-39,40-20-12-6-13-21-40)41-22-14-7-15-23-41/h4-27,32-33,35,43H,3,28-31,36H2,1-2H3. The van der Waals surface area contributed by atoms with Crippen LogP contribution in [0.25, 0.3) is 11.3 Å². The number of rotatable bonds is 13. The Hall–Kier alpha value is -6.69. The van der Waals surface area contributed by atoms with Crippen molar-refractivity contribution in [1.29, 1.82) is 5.26 Å². The van der Waals surface area contributed by atoms with Crippen LogP contribution in [0.3, 0.4) is 0 Å². The van der Waals surface area contributed by atoms with Gasteiger partial charge in [-0.05, 0) is 67.8 Å². The number of hydrogen-bond acceptors (Lipinski definition) is 6. The van der Waals surface area contributed by atoms with Gasteiger partial charge in [0.05, 0.1) is 36.2 Å². The average molecular weight is 768 g/mol. The minimum absolute atomic E-state index is 0.130. The molecule has 1 aliphatic heterocycles. The molecule has 2 heterocycles. The third-order valence-corrected chi connectivity index (χ3v) is 10.9. The van der Waals surface area contributed by atoms with E-state index in [1.54, 1.807) is 24.3 Å². The molecule has 0 amide bonds. The first-order chi connectivity index (χ1) is 28.5. The van der Waals surface area contributed by atoms with E-state index >= 15 is 4.39 Å². The summed E-state index contributed by atoms with van der Waals surface area (Å²) in [5.74, 6) is 0.836. The number of likely N-dealkylation sites (tertiary alicyclic amines) is 1. The van der Waals surface area contributed by atoms with E-state index in [4.69, 9.17) is 14.5 Å². The van der Waals surface area contributed by atoms with Crippen LogP contribution in [0, 0.1) is 17.1 Å². The molecule has 7 nitrogen and oxygen atoms in total. The van der Waals surface area contributed by atoms with Gasteiger partial charge in [-0.2, -0.15) is 5.26 Å². The third kappa shape index (κ3) is 7.69. The van der Waals surface area contributed by atoms with Gasteiger partial charge in [-0.1, -0.05) is 121 Å². The molecule has 0 aliphatic carbocycles. The molecular formula is C50H46FN5O2. The molecule has 58 heavy (non-hydrogen) atoms. The van der Waals surface area contributed by atoms with Gasteiger partial charge >= 0.3 is 0 Å². The molecule has 0 N–H and O–H groups in total. The summed E-state index contributed by atoms with van der Waals surface area (Å²) < 4.78 is 32.2. The van der Waals surface area contributed by atoms with Crippen molar-refractivity contribution in [2.75, 3.05) is 31.6 Å². The molecule has 290 valence electrons. The van der Waals surface area contributed by atoms with Crippen molar-refractivity contribution in [1.82, 2.24) is 14.5 Å². The van der Waals surface area contributed by atoms with Crippen molar-refractivity contribution in [2.24, 2.45) is 0 Å². The number of nitriles is 1. The molecule has 1 aliphatic rings. The predicted octanol–water partition coefficient (Wildman–Crippen LogP) is 10.6. The highest BCUT2D eigenvalue weighted by atomic mass is 19.1. The highest BCUT2D eigenvalue weighted by Crippen LogP contribution is 2.44. The smallest absolute Gasteiger partial charge is 0.188 e. The summed E-state index contributed by atoms with van der Waals surface area (Å²) in [6, 6.07) is 54.4. The van der Waals surface area contributed by atoms with Crippen molar-refractivity contribution < 1.29 is 13.9 Å². The van der Waals surface area contributed by atoms with Gasteiger partial charge in [0.2, 0.25) is 0 Å². The highest BCUT2D eigenvalue weighted by molar-refractivity contribution is 5.69. The van der Waals surface area contributed by atoms with Crippen LogP contribution in [0.1, 0.15) is 47.8 Å². The number of piperidine rings is 1. The van der Waals surface area contributed by atoms with E-state index in [9.17, 15) is 5.26 Å². The first-order valence-corrected chi connectivity index (χ1v) is 19.9. The molecule has 0 unspecified atom stereocenters. The Morgan fingerprint density at radius 2 is 1.33 bits per heavy atom. The molecule has 0 atom stereocenters. The van der Waals surface area contributed by atoms with Gasteiger partial charge in [-0.25, -0.2) is 9.37 Å². The predicted molar refractivity (Wildman–Crippen MR) is 228 cm³/mol. The topological polar surface area (TPSA) is 66.6 Å². The maximum atomic E-state index is 17.4. The minimum Gasteiger partial charge on any atom is -0.494 e. The van der Waals surface area contributed by atoms with Crippen LogP contribution in [0.2, 0.25) is 0 Å². The first kappa shape index (κ1) is 38.2. The fourth-order valence-corrected chi connectivity index (χ4v) is 8.07. The van der Waals surface area contributed by atoms with Crippen molar-refractivity contribution >= 4 is 11.4 Å². The number of nitrogens with zero attached hydrogens (tertiary/aromatic N) is 5. The maximum Gasteiger partial charge on any atom is 0.188 e. The Morgan fingerprint density at radius 3 is 1.86 bits per heavy atom. The Balaban J connectivity index is 1.38. The lowest BCUT2D eigenvalue weighted by atomic mass is 9.76. The normalized spacial score (nSPS) is 13.5. The second-order valence-electron chi connectivity index (χ2n) is 14.6. The van der Waals surface area contributed by atoms with Crippen LogP contribution in [0.4, 0.5) is 15.8 Å². The van der Waals surface area contributed by atoms with Gasteiger partial charge in [0, 0.05) is 42.7 Å². The molecule has 8 heteroatoms. The van der Waals surface area contributed by atoms with E-state index in [-0.39, 0.29) is 24.1 Å². The summed E-state index contributed by atoms with van der Waals surface area (Å²) in [5, 5.41) is 9.76. The molecular weight excluding hydrogens is 722 g/mol. The number of aromatic nitrogens is 2. The number of hydrogen-bond donors (Lipinski definition) is 0. The van der Waals surface area contributed by atoms with Gasteiger partial charge in [0.25, 0.3) is 0 Å². The Bertz CT molecular complexity index is 2360. The second-order valence-corrected chi connectivity index (χ2v) is 14.6. The SMILES string of the molecule is CCOc1cc(OC2CCN(C)CC2)c(F)c(N(Cc2nc(-c3ccccc3)cn2C(c2ccccc2)(c2ccccc2)c2ccccc2)c2ccc(C#N)cc2)c1. The fourth-order valence-electron chi connectivity index (χ4n) is 8.07. The summed E-state index contributed by atoms with van der Waals surface area (Å²) in [4.78, 5) is 9.62. The Kier molecular flexibility index (Phi) is 11.3. The van der Waals surface area contributed by atoms with E-state index in [0.717, 1.165) is 53.9 Å². The molecule has 1 saturated heterocycles. The van der Waals surface area contributed by atoms with Gasteiger partial charge in [-0.3, -0.25) is 0 Å². The summed E-state index contributed by atoms with van der Waals surface area (Å²) >= 11 is 0. The molecule has 1 aromatic heterocycles. The van der Waals surface area contributed by atoms with E-state index in [2.05, 4.69) is 114 Å². The third-order valence-electron chi connectivity index (χ3n) is 10.9. The monoisotopic (exact) mass is 767 g/mol. The van der Waals surface area contributed by atoms with Gasteiger partial charge in [0.15, 0.2) is 11.6 Å². The van der Waals surface area contributed by atoms with E-state index in [1.807, 2.05) is 60.4 Å². The molecule has 0 radical (unpaired) electrons. The van der Waals surface area contributed by atoms with Crippen LogP contribution >= 0.6 is 0 Å². The minimum atomic E-state index is -0.899. The van der Waals surface area contributed by atoms with Crippen molar-refractivity contribution in [3.63, 3.8) is 0 Å². The largest absolute Gasteiger partial charge is 0.494 e. The van der Waals surface area contributed by atoms with Crippen LogP contribution in [-0.4, -0.2) is 47.3 Å². The number of anilines is 2. The van der Waals surface area contributed by atoms with Crippen molar-refractivity contribution in [3.05, 3.63) is 198 Å². The van der Waals surface area contributed by atoms with E-state index in [0.29, 0.717) is 29.4 Å². The lowest BCUT2D eigenvalue weighted by Crippen LogP contribution is -2.39. The van der Waals surface area contributed by atoms with Gasteiger partial charge in [0.1, 0.15) is 23.2 Å². The molecule has 0 bridgehead atoms. The molecule has 0 saturated carbocycles. The Labute approximate surface area is 340 Å². The average Bonchev–Trinajstić information content (AvgIpc) is 3.70. The highest BCUT2D eigenvalue weighted by Gasteiger charge is 2.41. The zero-order valence-corrected chi connectivity index (χ0v) is 32.8. The van der Waals surface area contributed by atoms with Gasteiger partial charge in [-0.15, -0.1) is 0 Å². The molecule has 0 spiro atoms. The molecule has 8 rings (SSSR count). The molecule has 1 fully saturated rings. The first-order valence-electron chi connectivity index (χ1n) is 19.9. The second kappa shape index (κ2) is 17.2. The van der Waals surface area contributed by atoms with Crippen molar-refractivity contribution in [2.45, 2.75) is 38.0 Å². The van der Waals surface area contributed by atoms with E-state index in [1.165, 1.54) is 0 Å². The fraction of sp³-hybridized carbons (Fsp3) is 0.200. The number of imidazole rings is 1. The Morgan fingerprint density at radius 1 is 0.776 bits per heavy atom. The van der Waals surface area contributed by atoms with Crippen molar-refractivity contribution in [3.8, 4) is 28.8 Å². The zero-order chi connectivity index (χ0) is 39.9. The van der Waals surface area contributed by atoms with Gasteiger partial charge < -0.3 is 23.8 Å². The lowest BCUT2D eigenvalue weighted by Gasteiger charge is -2.39. The number of benzene rings is 6. The zero-order valence-electron chi connectivity index (χ0n) is 32.8. The number of halogens is 1. The van der Waals surface area contributed by atoms with E-state index < -0.39 is 11.4 Å². The molecule has 6 aromatic carbocycles. The summed E-state index contributed by atoms with van der Waals surface area (Å²) in [6.45, 7) is 4.21. The lowest BCUT2D eigenvalue weighted by molar-refractivity contribution is 0.110. The quantitative estimate of drug-likeness (QED) is 0.109. The van der Waals surface area contributed by atoms with Crippen LogP contribution in [-0.2, 0) is 12.1 Å². The van der Waals surface area contributed by atoms with Crippen LogP contribution < -0.4 is 14.4 Å². The maximum absolute atomic E-state index is 17.4.